The topological polar surface area (TPSA) is 69.7 Å². The van der Waals surface area contributed by atoms with E-state index in [0.717, 1.165) is 38.8 Å². The second-order valence-corrected chi connectivity index (χ2v) is 2.88. The lowest BCUT2D eigenvalue weighted by molar-refractivity contribution is 0.0284. The van der Waals surface area contributed by atoms with E-state index in [1.54, 1.807) is 4.90 Å². The highest BCUT2D eigenvalue weighted by molar-refractivity contribution is 4.49. The summed E-state index contributed by atoms with van der Waals surface area (Å²) in [6, 6.07) is 0. The fourth-order valence-electron chi connectivity index (χ4n) is 1.02. The molecule has 0 aliphatic heterocycles. The van der Waals surface area contributed by atoms with Crippen LogP contribution in [0.15, 0.2) is 0 Å². The highest BCUT2D eigenvalue weighted by Gasteiger charge is 1.98. The van der Waals surface area contributed by atoms with E-state index in [1.165, 1.54) is 0 Å². The average molecular weight is 176 g/mol. The normalized spacial score (nSPS) is 11.0. The summed E-state index contributed by atoms with van der Waals surface area (Å²) in [6.07, 6.45) is 4.34. The average Bonchev–Trinajstić information content (AvgIpc) is 2.11. The maximum Gasteiger partial charge on any atom is 0.0974 e. The number of nitrogens with two attached hydrogens (primary N) is 1. The molecule has 4 nitrogen and oxygen atoms in total. The smallest absolute Gasteiger partial charge is 0.0974 e. The molecule has 0 heterocycles. The highest BCUT2D eigenvalue weighted by atomic mass is 16.3. The predicted molar refractivity (Wildman–Crippen MR) is 48.4 cm³/mol. The van der Waals surface area contributed by atoms with Crippen molar-refractivity contribution in [1.82, 2.24) is 4.90 Å². The molecule has 0 bridgehead atoms. The summed E-state index contributed by atoms with van der Waals surface area (Å²) in [4.78, 5) is 1.59. The van der Waals surface area contributed by atoms with E-state index < -0.39 is 0 Å². The molecule has 0 atom stereocenters. The SMILES string of the molecule is NCCCCCCN(CO)CO. The maximum atomic E-state index is 8.67. The summed E-state index contributed by atoms with van der Waals surface area (Å²) in [6.45, 7) is 1.39. The minimum Gasteiger partial charge on any atom is -0.381 e. The van der Waals surface area contributed by atoms with Crippen molar-refractivity contribution in [2.24, 2.45) is 5.73 Å². The van der Waals surface area contributed by atoms with Gasteiger partial charge in [0.2, 0.25) is 0 Å². The van der Waals surface area contributed by atoms with Crippen molar-refractivity contribution in [1.29, 1.82) is 0 Å². The molecule has 74 valence electrons. The van der Waals surface area contributed by atoms with Crippen molar-refractivity contribution in [3.63, 3.8) is 0 Å². The van der Waals surface area contributed by atoms with Gasteiger partial charge in [0.1, 0.15) is 0 Å². The minimum absolute atomic E-state index is 0.0621. The molecule has 12 heavy (non-hydrogen) atoms. The number of rotatable bonds is 8. The van der Waals surface area contributed by atoms with E-state index in [1.807, 2.05) is 0 Å². The summed E-state index contributed by atoms with van der Waals surface area (Å²) >= 11 is 0. The number of aliphatic hydroxyl groups is 2. The molecule has 0 unspecified atom stereocenters. The largest absolute Gasteiger partial charge is 0.381 e. The lowest BCUT2D eigenvalue weighted by atomic mass is 10.2. The predicted octanol–water partition coefficient (Wildman–Crippen LogP) is -0.293. The number of hydrogen-bond donors (Lipinski definition) is 3. The van der Waals surface area contributed by atoms with Gasteiger partial charge in [-0.3, -0.25) is 4.90 Å². The molecule has 0 saturated heterocycles. The Morgan fingerprint density at radius 3 is 2.00 bits per heavy atom. The first kappa shape index (κ1) is 11.8. The Morgan fingerprint density at radius 1 is 0.917 bits per heavy atom. The second kappa shape index (κ2) is 8.93. The number of hydrogen-bond acceptors (Lipinski definition) is 4. The van der Waals surface area contributed by atoms with E-state index in [4.69, 9.17) is 15.9 Å². The monoisotopic (exact) mass is 176 g/mol. The molecule has 0 aliphatic rings. The standard InChI is InChI=1S/C8H20N2O2/c9-5-3-1-2-4-6-10(7-11)8-12/h11-12H,1-9H2. The van der Waals surface area contributed by atoms with E-state index in [2.05, 4.69) is 0 Å². The lowest BCUT2D eigenvalue weighted by Gasteiger charge is -2.15. The molecule has 0 spiro atoms. The van der Waals surface area contributed by atoms with Crippen LogP contribution in [0, 0.1) is 0 Å². The summed E-state index contributed by atoms with van der Waals surface area (Å²) in [5, 5.41) is 17.3. The maximum absolute atomic E-state index is 8.67. The van der Waals surface area contributed by atoms with Gasteiger partial charge in [-0.15, -0.1) is 0 Å². The molecule has 0 aromatic rings. The Labute approximate surface area is 74.0 Å². The van der Waals surface area contributed by atoms with Crippen molar-refractivity contribution in [3.8, 4) is 0 Å². The van der Waals surface area contributed by atoms with Crippen LogP contribution in [0.5, 0.6) is 0 Å². The van der Waals surface area contributed by atoms with Crippen LogP contribution in [0.1, 0.15) is 25.7 Å². The number of unbranched alkanes of at least 4 members (excludes halogenated alkanes) is 3. The Balaban J connectivity index is 3.06. The Morgan fingerprint density at radius 2 is 1.50 bits per heavy atom. The second-order valence-electron chi connectivity index (χ2n) is 2.88. The van der Waals surface area contributed by atoms with Crippen LogP contribution in [-0.4, -0.2) is 41.7 Å². The summed E-state index contributed by atoms with van der Waals surface area (Å²) < 4.78 is 0. The molecule has 0 amide bonds. The van der Waals surface area contributed by atoms with Crippen molar-refractivity contribution in [2.45, 2.75) is 25.7 Å². The van der Waals surface area contributed by atoms with E-state index in [-0.39, 0.29) is 13.5 Å². The quantitative estimate of drug-likeness (QED) is 0.351. The third-order valence-electron chi connectivity index (χ3n) is 1.83. The summed E-state index contributed by atoms with van der Waals surface area (Å²) in [7, 11) is 0. The van der Waals surface area contributed by atoms with Crippen LogP contribution < -0.4 is 5.73 Å². The van der Waals surface area contributed by atoms with Gasteiger partial charge >= 0.3 is 0 Å². The molecule has 4 N–H and O–H groups in total. The third kappa shape index (κ3) is 6.54. The molecule has 0 fully saturated rings. The van der Waals surface area contributed by atoms with Crippen molar-refractivity contribution in [3.05, 3.63) is 0 Å². The van der Waals surface area contributed by atoms with Gasteiger partial charge in [0.05, 0.1) is 13.5 Å². The molecule has 0 aliphatic carbocycles. The van der Waals surface area contributed by atoms with Gasteiger partial charge in [0.25, 0.3) is 0 Å². The molecular formula is C8H20N2O2. The van der Waals surface area contributed by atoms with E-state index >= 15 is 0 Å². The Kier molecular flexibility index (Phi) is 8.81. The van der Waals surface area contributed by atoms with Crippen LogP contribution in [-0.2, 0) is 0 Å². The zero-order chi connectivity index (χ0) is 9.23. The number of nitrogens with zero attached hydrogens (tertiary/aromatic N) is 1. The molecule has 0 saturated carbocycles. The first-order chi connectivity index (χ1) is 5.85. The van der Waals surface area contributed by atoms with Gasteiger partial charge in [0, 0.05) is 6.54 Å². The molecule has 0 rings (SSSR count). The van der Waals surface area contributed by atoms with Gasteiger partial charge in [-0.25, -0.2) is 0 Å². The number of aliphatic hydroxyl groups excluding tert-OH is 2. The van der Waals surface area contributed by atoms with E-state index in [0.29, 0.717) is 0 Å². The van der Waals surface area contributed by atoms with Gasteiger partial charge in [-0.05, 0) is 19.4 Å². The minimum atomic E-state index is -0.0621. The Hall–Kier alpha value is -0.160. The summed E-state index contributed by atoms with van der Waals surface area (Å²) in [5.41, 5.74) is 5.33. The van der Waals surface area contributed by atoms with Crippen molar-refractivity contribution >= 4 is 0 Å². The zero-order valence-corrected chi connectivity index (χ0v) is 7.58. The van der Waals surface area contributed by atoms with Crippen LogP contribution in [0.3, 0.4) is 0 Å². The van der Waals surface area contributed by atoms with Crippen LogP contribution in [0.25, 0.3) is 0 Å². The fourth-order valence-corrected chi connectivity index (χ4v) is 1.02. The van der Waals surface area contributed by atoms with Crippen LogP contribution in [0.2, 0.25) is 0 Å². The van der Waals surface area contributed by atoms with Gasteiger partial charge in [0.15, 0.2) is 0 Å². The van der Waals surface area contributed by atoms with Gasteiger partial charge < -0.3 is 15.9 Å². The molecule has 0 aromatic heterocycles. The lowest BCUT2D eigenvalue weighted by Crippen LogP contribution is -2.26. The van der Waals surface area contributed by atoms with Crippen molar-refractivity contribution in [2.75, 3.05) is 26.6 Å². The third-order valence-corrected chi connectivity index (χ3v) is 1.83. The molecule has 0 radical (unpaired) electrons. The summed E-state index contributed by atoms with van der Waals surface area (Å²) in [5.74, 6) is 0. The Bertz CT molecular complexity index is 87.1. The van der Waals surface area contributed by atoms with Crippen molar-refractivity contribution < 1.29 is 10.2 Å². The first-order valence-corrected chi connectivity index (χ1v) is 4.49. The van der Waals surface area contributed by atoms with Gasteiger partial charge in [-0.1, -0.05) is 12.8 Å². The molecule has 4 heteroatoms. The fraction of sp³-hybridized carbons (Fsp3) is 1.00. The van der Waals surface area contributed by atoms with Crippen LogP contribution in [0.4, 0.5) is 0 Å². The first-order valence-electron chi connectivity index (χ1n) is 4.49. The van der Waals surface area contributed by atoms with Crippen LogP contribution >= 0.6 is 0 Å². The van der Waals surface area contributed by atoms with Gasteiger partial charge in [-0.2, -0.15) is 0 Å². The van der Waals surface area contributed by atoms with E-state index in [9.17, 15) is 0 Å². The molecule has 0 aromatic carbocycles. The highest BCUT2D eigenvalue weighted by Crippen LogP contribution is 1.99. The zero-order valence-electron chi connectivity index (χ0n) is 7.58. The molecular weight excluding hydrogens is 156 g/mol.